The van der Waals surface area contributed by atoms with E-state index in [1.165, 1.54) is 0 Å². The van der Waals surface area contributed by atoms with Gasteiger partial charge in [0.15, 0.2) is 11.4 Å². The van der Waals surface area contributed by atoms with Crippen LogP contribution < -0.4 is 4.74 Å². The molecule has 4 rings (SSSR count). The van der Waals surface area contributed by atoms with Crippen molar-refractivity contribution < 1.29 is 13.9 Å². The van der Waals surface area contributed by atoms with Crippen LogP contribution in [0.4, 0.5) is 0 Å². The number of aromatic nitrogens is 1. The first-order chi connectivity index (χ1) is 13.6. The second-order valence-electron chi connectivity index (χ2n) is 6.58. The molecule has 0 amide bonds. The third-order valence-electron chi connectivity index (χ3n) is 4.09. The molecule has 2 aromatic heterocycles. The average molecular weight is 389 g/mol. The zero-order valence-corrected chi connectivity index (χ0v) is 16.4. The Morgan fingerprint density at radius 3 is 2.54 bits per heavy atom. The van der Waals surface area contributed by atoms with Crippen molar-refractivity contribution in [2.45, 2.75) is 20.0 Å². The third-order valence-corrected chi connectivity index (χ3v) is 4.91. The van der Waals surface area contributed by atoms with E-state index in [1.807, 2.05) is 73.8 Å². The minimum absolute atomic E-state index is 0.0792. The Kier molecular flexibility index (Phi) is 5.08. The van der Waals surface area contributed by atoms with Gasteiger partial charge in [0.25, 0.3) is 0 Å². The van der Waals surface area contributed by atoms with Crippen LogP contribution in [0.3, 0.4) is 0 Å². The van der Waals surface area contributed by atoms with Gasteiger partial charge >= 0.3 is 0 Å². The maximum atomic E-state index is 13.3. The summed E-state index contributed by atoms with van der Waals surface area (Å²) in [7, 11) is 0. The van der Waals surface area contributed by atoms with E-state index in [9.17, 15) is 4.79 Å². The predicted molar refractivity (Wildman–Crippen MR) is 113 cm³/mol. The van der Waals surface area contributed by atoms with E-state index in [1.54, 1.807) is 23.5 Å². The molecule has 2 aromatic carbocycles. The number of thiophene rings is 1. The Labute approximate surface area is 167 Å². The van der Waals surface area contributed by atoms with Crippen molar-refractivity contribution in [1.29, 1.82) is 0 Å². The van der Waals surface area contributed by atoms with Crippen LogP contribution in [0.15, 0.2) is 70.5 Å². The first kappa shape index (κ1) is 18.2. The molecule has 0 aliphatic heterocycles. The Hall–Kier alpha value is -3.18. The summed E-state index contributed by atoms with van der Waals surface area (Å²) in [6.07, 6.45) is 1.91. The predicted octanol–water partition coefficient (Wildman–Crippen LogP) is 6.10. The summed E-state index contributed by atoms with van der Waals surface area (Å²) >= 11 is 1.56. The van der Waals surface area contributed by atoms with Gasteiger partial charge in [-0.1, -0.05) is 18.2 Å². The number of fused-ring (bicyclic) bond motifs is 1. The summed E-state index contributed by atoms with van der Waals surface area (Å²) in [5.41, 5.74) is 2.36. The molecule has 2 heterocycles. The number of Topliss-reactive ketones (excluding diaryl/α,β-unsaturated/α-hetero) is 1. The Morgan fingerprint density at radius 1 is 1.07 bits per heavy atom. The quantitative estimate of drug-likeness (QED) is 0.295. The minimum Gasteiger partial charge on any atom is -0.491 e. The minimum atomic E-state index is -0.143. The standard InChI is InChI=1S/C23H19NO3S/c1-15(2)26-17-11-9-16(10-12-17)22(25)19(14-18-6-5-13-28-18)23-24-20-7-3-4-8-21(20)27-23/h3-15H,1-2H3/b19-14-. The van der Waals surface area contributed by atoms with Crippen LogP contribution in [0.2, 0.25) is 0 Å². The monoisotopic (exact) mass is 389 g/mol. The van der Waals surface area contributed by atoms with Crippen molar-refractivity contribution in [3.63, 3.8) is 0 Å². The van der Waals surface area contributed by atoms with Crippen LogP contribution in [0.25, 0.3) is 22.7 Å². The molecule has 0 aliphatic carbocycles. The molecule has 0 unspecified atom stereocenters. The summed E-state index contributed by atoms with van der Waals surface area (Å²) in [6.45, 7) is 3.93. The van der Waals surface area contributed by atoms with Crippen LogP contribution in [0, 0.1) is 0 Å². The van der Waals surface area contributed by atoms with Gasteiger partial charge < -0.3 is 9.15 Å². The van der Waals surface area contributed by atoms with Gasteiger partial charge in [0.1, 0.15) is 11.3 Å². The summed E-state index contributed by atoms with van der Waals surface area (Å²) in [6, 6.07) is 18.6. The van der Waals surface area contributed by atoms with Crippen LogP contribution in [0.1, 0.15) is 35.0 Å². The third kappa shape index (κ3) is 3.89. The van der Waals surface area contributed by atoms with E-state index in [-0.39, 0.29) is 11.9 Å². The highest BCUT2D eigenvalue weighted by atomic mass is 32.1. The number of benzene rings is 2. The SMILES string of the molecule is CC(C)Oc1ccc(C(=O)/C(=C/c2cccs2)c2nc3ccccc3o2)cc1. The van der Waals surface area contributed by atoms with Gasteiger partial charge in [-0.2, -0.15) is 0 Å². The van der Waals surface area contributed by atoms with Crippen molar-refractivity contribution in [2.75, 3.05) is 0 Å². The fraction of sp³-hybridized carbons (Fsp3) is 0.130. The number of ether oxygens (including phenoxy) is 1. The number of para-hydroxylation sites is 2. The second kappa shape index (κ2) is 7.82. The molecule has 0 saturated heterocycles. The number of carbonyl (C=O) groups excluding carboxylic acids is 1. The fourth-order valence-electron chi connectivity index (χ4n) is 2.84. The summed E-state index contributed by atoms with van der Waals surface area (Å²) in [4.78, 5) is 18.8. The van der Waals surface area contributed by atoms with Crippen LogP contribution in [-0.2, 0) is 0 Å². The van der Waals surface area contributed by atoms with Crippen LogP contribution in [0.5, 0.6) is 5.75 Å². The zero-order valence-electron chi connectivity index (χ0n) is 15.6. The van der Waals surface area contributed by atoms with Gasteiger partial charge in [0, 0.05) is 10.4 Å². The topological polar surface area (TPSA) is 52.3 Å². The molecule has 0 fully saturated rings. The molecule has 0 N–H and O–H groups in total. The van der Waals surface area contributed by atoms with Gasteiger partial charge in [-0.15, -0.1) is 11.3 Å². The molecule has 28 heavy (non-hydrogen) atoms. The molecule has 0 atom stereocenters. The molecule has 140 valence electrons. The largest absolute Gasteiger partial charge is 0.491 e. The summed E-state index contributed by atoms with van der Waals surface area (Å²) in [5.74, 6) is 0.912. The zero-order chi connectivity index (χ0) is 19.5. The molecular formula is C23H19NO3S. The van der Waals surface area contributed by atoms with E-state index >= 15 is 0 Å². The van der Waals surface area contributed by atoms with E-state index in [4.69, 9.17) is 9.15 Å². The lowest BCUT2D eigenvalue weighted by molar-refractivity contribution is 0.105. The first-order valence-corrected chi connectivity index (χ1v) is 9.91. The lowest BCUT2D eigenvalue weighted by atomic mass is 10.0. The average Bonchev–Trinajstić information content (AvgIpc) is 3.35. The number of hydrogen-bond donors (Lipinski definition) is 0. The second-order valence-corrected chi connectivity index (χ2v) is 7.56. The van der Waals surface area contributed by atoms with E-state index < -0.39 is 0 Å². The highest BCUT2D eigenvalue weighted by Crippen LogP contribution is 2.28. The Morgan fingerprint density at radius 2 is 1.86 bits per heavy atom. The smallest absolute Gasteiger partial charge is 0.231 e. The lowest BCUT2D eigenvalue weighted by Gasteiger charge is -2.10. The highest BCUT2D eigenvalue weighted by Gasteiger charge is 2.20. The molecule has 0 radical (unpaired) electrons. The molecule has 5 heteroatoms. The Bertz CT molecular complexity index is 1090. The number of ketones is 1. The molecule has 0 bridgehead atoms. The maximum Gasteiger partial charge on any atom is 0.231 e. The summed E-state index contributed by atoms with van der Waals surface area (Å²) < 4.78 is 11.5. The molecule has 0 spiro atoms. The van der Waals surface area contributed by atoms with Crippen molar-refractivity contribution in [3.05, 3.63) is 82.4 Å². The number of allylic oxidation sites excluding steroid dienone is 1. The Balaban J connectivity index is 1.74. The number of oxazole rings is 1. The molecule has 0 saturated carbocycles. The number of nitrogens with zero attached hydrogens (tertiary/aromatic N) is 1. The van der Waals surface area contributed by atoms with Crippen molar-refractivity contribution in [1.82, 2.24) is 4.98 Å². The van der Waals surface area contributed by atoms with E-state index in [2.05, 4.69) is 4.98 Å². The first-order valence-electron chi connectivity index (χ1n) is 9.03. The van der Waals surface area contributed by atoms with Crippen molar-refractivity contribution >= 4 is 39.9 Å². The molecule has 4 aromatic rings. The van der Waals surface area contributed by atoms with Crippen molar-refractivity contribution in [3.8, 4) is 5.75 Å². The van der Waals surface area contributed by atoms with Gasteiger partial charge in [-0.3, -0.25) is 4.79 Å². The normalized spacial score (nSPS) is 11.9. The fourth-order valence-corrected chi connectivity index (χ4v) is 3.50. The number of carbonyl (C=O) groups is 1. The van der Waals surface area contributed by atoms with Gasteiger partial charge in [0.2, 0.25) is 5.89 Å². The summed E-state index contributed by atoms with van der Waals surface area (Å²) in [5, 5.41) is 1.97. The van der Waals surface area contributed by atoms with E-state index in [0.29, 0.717) is 22.6 Å². The maximum absolute atomic E-state index is 13.3. The van der Waals surface area contributed by atoms with Crippen LogP contribution >= 0.6 is 11.3 Å². The van der Waals surface area contributed by atoms with Crippen LogP contribution in [-0.4, -0.2) is 16.9 Å². The van der Waals surface area contributed by atoms with E-state index in [0.717, 1.165) is 16.1 Å². The number of hydrogen-bond acceptors (Lipinski definition) is 5. The highest BCUT2D eigenvalue weighted by molar-refractivity contribution is 7.11. The number of rotatable bonds is 6. The van der Waals surface area contributed by atoms with Gasteiger partial charge in [0.05, 0.1) is 11.7 Å². The van der Waals surface area contributed by atoms with Gasteiger partial charge in [-0.25, -0.2) is 4.98 Å². The lowest BCUT2D eigenvalue weighted by Crippen LogP contribution is -2.06. The van der Waals surface area contributed by atoms with Crippen molar-refractivity contribution in [2.24, 2.45) is 0 Å². The van der Waals surface area contributed by atoms with Gasteiger partial charge in [-0.05, 0) is 67.8 Å². The molecular weight excluding hydrogens is 370 g/mol. The molecule has 4 nitrogen and oxygen atoms in total. The molecule has 0 aliphatic rings.